The molecule has 1 heterocycles. The molecule has 82 valence electrons. The van der Waals surface area contributed by atoms with E-state index in [1.807, 2.05) is 7.05 Å². The molecule has 1 rings (SSSR count). The molecule has 1 aromatic heterocycles. The van der Waals surface area contributed by atoms with Crippen molar-refractivity contribution < 1.29 is 4.79 Å². The fourth-order valence-electron chi connectivity index (χ4n) is 1.25. The van der Waals surface area contributed by atoms with Crippen molar-refractivity contribution in [2.75, 3.05) is 13.6 Å². The summed E-state index contributed by atoms with van der Waals surface area (Å²) in [6, 6.07) is 1.79. The van der Waals surface area contributed by atoms with Crippen LogP contribution in [-0.2, 0) is 0 Å². The molecule has 0 N–H and O–H groups in total. The zero-order chi connectivity index (χ0) is 11.3. The number of pyridine rings is 1. The van der Waals surface area contributed by atoms with Crippen LogP contribution in [0.15, 0.2) is 22.9 Å². The van der Waals surface area contributed by atoms with Crippen molar-refractivity contribution in [1.29, 1.82) is 0 Å². The van der Waals surface area contributed by atoms with Gasteiger partial charge in [-0.05, 0) is 28.4 Å². The van der Waals surface area contributed by atoms with Gasteiger partial charge >= 0.3 is 0 Å². The van der Waals surface area contributed by atoms with Gasteiger partial charge in [-0.25, -0.2) is 0 Å². The quantitative estimate of drug-likeness (QED) is 0.843. The Morgan fingerprint density at radius 1 is 1.53 bits per heavy atom. The van der Waals surface area contributed by atoms with E-state index in [0.717, 1.165) is 23.9 Å². The van der Waals surface area contributed by atoms with Gasteiger partial charge in [-0.1, -0.05) is 13.3 Å². The second-order valence-electron chi connectivity index (χ2n) is 3.47. The molecule has 0 aliphatic heterocycles. The van der Waals surface area contributed by atoms with E-state index in [2.05, 4.69) is 27.8 Å². The van der Waals surface area contributed by atoms with Crippen LogP contribution in [0.4, 0.5) is 0 Å². The van der Waals surface area contributed by atoms with Crippen LogP contribution in [0.3, 0.4) is 0 Å². The molecule has 0 saturated carbocycles. The van der Waals surface area contributed by atoms with Gasteiger partial charge in [0, 0.05) is 30.5 Å². The highest BCUT2D eigenvalue weighted by atomic mass is 79.9. The van der Waals surface area contributed by atoms with E-state index in [1.165, 1.54) is 0 Å². The minimum Gasteiger partial charge on any atom is -0.342 e. The molecular formula is C11H15BrN2O. The predicted molar refractivity (Wildman–Crippen MR) is 63.8 cm³/mol. The topological polar surface area (TPSA) is 33.2 Å². The van der Waals surface area contributed by atoms with Crippen molar-refractivity contribution in [3.05, 3.63) is 28.5 Å². The fourth-order valence-corrected chi connectivity index (χ4v) is 1.61. The van der Waals surface area contributed by atoms with E-state index < -0.39 is 0 Å². The Morgan fingerprint density at radius 3 is 2.87 bits per heavy atom. The summed E-state index contributed by atoms with van der Waals surface area (Å²) in [7, 11) is 1.82. The number of carbonyl (C=O) groups is 1. The van der Waals surface area contributed by atoms with Gasteiger partial charge < -0.3 is 4.90 Å². The highest BCUT2D eigenvalue weighted by Gasteiger charge is 2.11. The third kappa shape index (κ3) is 3.63. The summed E-state index contributed by atoms with van der Waals surface area (Å²) in [5.41, 5.74) is 0.628. The zero-order valence-electron chi connectivity index (χ0n) is 9.03. The van der Waals surface area contributed by atoms with E-state index in [1.54, 1.807) is 23.4 Å². The fraction of sp³-hybridized carbons (Fsp3) is 0.455. The lowest BCUT2D eigenvalue weighted by Crippen LogP contribution is -2.27. The Bertz CT molecular complexity index is 341. The van der Waals surface area contributed by atoms with Gasteiger partial charge in [0.05, 0.1) is 5.56 Å². The SMILES string of the molecule is CCCCN(C)C(=O)c1cncc(Br)c1. The first kappa shape index (κ1) is 12.2. The van der Waals surface area contributed by atoms with Gasteiger partial charge in [-0.3, -0.25) is 9.78 Å². The van der Waals surface area contributed by atoms with Gasteiger partial charge in [-0.2, -0.15) is 0 Å². The number of aromatic nitrogens is 1. The maximum Gasteiger partial charge on any atom is 0.255 e. The predicted octanol–water partition coefficient (Wildman–Crippen LogP) is 2.72. The number of nitrogens with zero attached hydrogens (tertiary/aromatic N) is 2. The third-order valence-electron chi connectivity index (χ3n) is 2.15. The van der Waals surface area contributed by atoms with Crippen LogP contribution in [0.1, 0.15) is 30.1 Å². The van der Waals surface area contributed by atoms with Crippen molar-refractivity contribution >= 4 is 21.8 Å². The standard InChI is InChI=1S/C11H15BrN2O/c1-3-4-5-14(2)11(15)9-6-10(12)8-13-7-9/h6-8H,3-5H2,1-2H3. The molecule has 1 amide bonds. The number of amides is 1. The number of rotatable bonds is 4. The molecule has 0 fully saturated rings. The largest absolute Gasteiger partial charge is 0.342 e. The number of halogens is 1. The van der Waals surface area contributed by atoms with Crippen LogP contribution in [-0.4, -0.2) is 29.4 Å². The Balaban J connectivity index is 2.67. The normalized spacial score (nSPS) is 10.1. The van der Waals surface area contributed by atoms with Gasteiger partial charge in [-0.15, -0.1) is 0 Å². The highest BCUT2D eigenvalue weighted by Crippen LogP contribution is 2.11. The first-order valence-electron chi connectivity index (χ1n) is 5.01. The Morgan fingerprint density at radius 2 is 2.27 bits per heavy atom. The lowest BCUT2D eigenvalue weighted by atomic mass is 10.2. The molecule has 15 heavy (non-hydrogen) atoms. The molecule has 0 atom stereocenters. The minimum atomic E-state index is 0.0252. The van der Waals surface area contributed by atoms with Gasteiger partial charge in [0.25, 0.3) is 5.91 Å². The van der Waals surface area contributed by atoms with E-state index in [9.17, 15) is 4.79 Å². The molecule has 0 spiro atoms. The van der Waals surface area contributed by atoms with Crippen LogP contribution >= 0.6 is 15.9 Å². The molecule has 4 heteroatoms. The third-order valence-corrected chi connectivity index (χ3v) is 2.58. The second-order valence-corrected chi connectivity index (χ2v) is 4.39. The number of hydrogen-bond donors (Lipinski definition) is 0. The summed E-state index contributed by atoms with van der Waals surface area (Å²) in [5.74, 6) is 0.0252. The van der Waals surface area contributed by atoms with Crippen molar-refractivity contribution in [3.8, 4) is 0 Å². The van der Waals surface area contributed by atoms with E-state index in [-0.39, 0.29) is 5.91 Å². The Kier molecular flexibility index (Phi) is 4.75. The Hall–Kier alpha value is -0.900. The maximum absolute atomic E-state index is 11.9. The number of hydrogen-bond acceptors (Lipinski definition) is 2. The monoisotopic (exact) mass is 270 g/mol. The molecule has 0 aromatic carbocycles. The van der Waals surface area contributed by atoms with E-state index in [0.29, 0.717) is 5.56 Å². The summed E-state index contributed by atoms with van der Waals surface area (Å²) < 4.78 is 0.831. The molecule has 0 aliphatic rings. The van der Waals surface area contributed by atoms with Crippen molar-refractivity contribution in [1.82, 2.24) is 9.88 Å². The van der Waals surface area contributed by atoms with Crippen LogP contribution in [0, 0.1) is 0 Å². The summed E-state index contributed by atoms with van der Waals surface area (Å²) in [5, 5.41) is 0. The smallest absolute Gasteiger partial charge is 0.255 e. The van der Waals surface area contributed by atoms with Crippen molar-refractivity contribution in [3.63, 3.8) is 0 Å². The van der Waals surface area contributed by atoms with Crippen LogP contribution in [0.5, 0.6) is 0 Å². The van der Waals surface area contributed by atoms with Gasteiger partial charge in [0.15, 0.2) is 0 Å². The maximum atomic E-state index is 11.9. The molecule has 0 unspecified atom stereocenters. The summed E-state index contributed by atoms with van der Waals surface area (Å²) in [6.45, 7) is 2.90. The molecule has 1 aromatic rings. The average Bonchev–Trinajstić information content (AvgIpc) is 2.24. The van der Waals surface area contributed by atoms with Gasteiger partial charge in [0.1, 0.15) is 0 Å². The summed E-state index contributed by atoms with van der Waals surface area (Å²) >= 11 is 3.30. The van der Waals surface area contributed by atoms with Gasteiger partial charge in [0.2, 0.25) is 0 Å². The zero-order valence-corrected chi connectivity index (χ0v) is 10.6. The lowest BCUT2D eigenvalue weighted by molar-refractivity contribution is 0.0793. The van der Waals surface area contributed by atoms with Crippen molar-refractivity contribution in [2.24, 2.45) is 0 Å². The Labute approximate surface area is 98.6 Å². The molecular weight excluding hydrogens is 256 g/mol. The minimum absolute atomic E-state index is 0.0252. The molecule has 3 nitrogen and oxygen atoms in total. The molecule has 0 aliphatic carbocycles. The summed E-state index contributed by atoms with van der Waals surface area (Å²) in [6.07, 6.45) is 5.39. The average molecular weight is 271 g/mol. The first-order valence-corrected chi connectivity index (χ1v) is 5.80. The van der Waals surface area contributed by atoms with Crippen LogP contribution in [0.2, 0.25) is 0 Å². The van der Waals surface area contributed by atoms with Crippen molar-refractivity contribution in [2.45, 2.75) is 19.8 Å². The molecule has 0 radical (unpaired) electrons. The summed E-state index contributed by atoms with van der Waals surface area (Å²) in [4.78, 5) is 17.6. The number of carbonyl (C=O) groups excluding carboxylic acids is 1. The number of unbranched alkanes of at least 4 members (excludes halogenated alkanes) is 1. The van der Waals surface area contributed by atoms with E-state index in [4.69, 9.17) is 0 Å². The lowest BCUT2D eigenvalue weighted by Gasteiger charge is -2.16. The second kappa shape index (κ2) is 5.85. The molecule has 0 bridgehead atoms. The van der Waals surface area contributed by atoms with Crippen LogP contribution < -0.4 is 0 Å². The van der Waals surface area contributed by atoms with E-state index >= 15 is 0 Å². The van der Waals surface area contributed by atoms with Crippen LogP contribution in [0.25, 0.3) is 0 Å². The first-order chi connectivity index (χ1) is 7.15. The highest BCUT2D eigenvalue weighted by molar-refractivity contribution is 9.10. The molecule has 0 saturated heterocycles.